The quantitative estimate of drug-likeness (QED) is 0.905. The fourth-order valence-corrected chi connectivity index (χ4v) is 4.68. The Hall–Kier alpha value is -1.06. The van der Waals surface area contributed by atoms with Gasteiger partial charge in [-0.25, -0.2) is 0 Å². The molecule has 1 aromatic rings. The summed E-state index contributed by atoms with van der Waals surface area (Å²) in [6.07, 6.45) is 7.91. The number of rotatable bonds is 2. The van der Waals surface area contributed by atoms with E-state index in [0.29, 0.717) is 11.8 Å². The Balaban J connectivity index is 1.42. The van der Waals surface area contributed by atoms with Crippen molar-refractivity contribution in [2.45, 2.75) is 50.6 Å². The van der Waals surface area contributed by atoms with Crippen LogP contribution in [-0.4, -0.2) is 47.1 Å². The number of benzene rings is 1. The Kier molecular flexibility index (Phi) is 3.64. The zero-order valence-corrected chi connectivity index (χ0v) is 12.8. The average molecular weight is 286 g/mol. The van der Waals surface area contributed by atoms with Crippen LogP contribution in [0.3, 0.4) is 0 Å². The molecule has 1 saturated heterocycles. The molecule has 1 aliphatic heterocycles. The second kappa shape index (κ2) is 5.62. The van der Waals surface area contributed by atoms with Crippen molar-refractivity contribution in [3.05, 3.63) is 29.3 Å². The standard InChI is InChI=1S/C18H26N2O/c21-18-7-3-6-15-16(18)8-9-17(15)20-12-10-19(11-13-20)14-4-1-2-5-14/h3,6-7,14,17,21H,1-2,4-5,8-13H2. The maximum atomic E-state index is 10.0. The number of fused-ring (bicyclic) bond motifs is 1. The molecule has 0 amide bonds. The van der Waals surface area contributed by atoms with E-state index in [4.69, 9.17) is 0 Å². The molecule has 0 bridgehead atoms. The van der Waals surface area contributed by atoms with E-state index in [1.807, 2.05) is 12.1 Å². The normalized spacial score (nSPS) is 28.1. The minimum atomic E-state index is 0.500. The van der Waals surface area contributed by atoms with Crippen molar-refractivity contribution in [2.24, 2.45) is 0 Å². The first-order valence-electron chi connectivity index (χ1n) is 8.62. The highest BCUT2D eigenvalue weighted by Crippen LogP contribution is 2.40. The Bertz CT molecular complexity index is 502. The fraction of sp³-hybridized carbons (Fsp3) is 0.667. The van der Waals surface area contributed by atoms with Gasteiger partial charge < -0.3 is 5.11 Å². The molecule has 21 heavy (non-hydrogen) atoms. The summed E-state index contributed by atoms with van der Waals surface area (Å²) in [6, 6.07) is 7.46. The number of hydrogen-bond donors (Lipinski definition) is 1. The molecule has 2 fully saturated rings. The van der Waals surface area contributed by atoms with Crippen molar-refractivity contribution in [2.75, 3.05) is 26.2 Å². The van der Waals surface area contributed by atoms with Crippen LogP contribution in [0.1, 0.15) is 49.3 Å². The molecule has 0 spiro atoms. The molecule has 3 nitrogen and oxygen atoms in total. The van der Waals surface area contributed by atoms with E-state index in [-0.39, 0.29) is 0 Å². The molecular weight excluding hydrogens is 260 g/mol. The predicted molar refractivity (Wildman–Crippen MR) is 84.6 cm³/mol. The highest BCUT2D eigenvalue weighted by atomic mass is 16.3. The molecule has 1 saturated carbocycles. The zero-order valence-electron chi connectivity index (χ0n) is 12.8. The molecule has 1 heterocycles. The van der Waals surface area contributed by atoms with E-state index in [2.05, 4.69) is 15.9 Å². The number of nitrogens with zero attached hydrogens (tertiary/aromatic N) is 2. The number of piperazine rings is 1. The van der Waals surface area contributed by atoms with Crippen LogP contribution in [0.5, 0.6) is 5.75 Å². The smallest absolute Gasteiger partial charge is 0.119 e. The summed E-state index contributed by atoms with van der Waals surface area (Å²) in [4.78, 5) is 5.37. The average Bonchev–Trinajstić information content (AvgIpc) is 3.18. The van der Waals surface area contributed by atoms with Gasteiger partial charge in [0.25, 0.3) is 0 Å². The van der Waals surface area contributed by atoms with Crippen molar-refractivity contribution in [1.29, 1.82) is 0 Å². The van der Waals surface area contributed by atoms with Gasteiger partial charge in [0.1, 0.15) is 5.75 Å². The van der Waals surface area contributed by atoms with Crippen LogP contribution >= 0.6 is 0 Å². The lowest BCUT2D eigenvalue weighted by molar-refractivity contribution is 0.0703. The maximum Gasteiger partial charge on any atom is 0.119 e. The third-order valence-corrected chi connectivity index (χ3v) is 5.85. The lowest BCUT2D eigenvalue weighted by atomic mass is 10.0. The first-order valence-corrected chi connectivity index (χ1v) is 8.62. The highest BCUT2D eigenvalue weighted by molar-refractivity contribution is 5.44. The first-order chi connectivity index (χ1) is 10.3. The summed E-state index contributed by atoms with van der Waals surface area (Å²) in [7, 11) is 0. The second-order valence-corrected chi connectivity index (χ2v) is 6.91. The number of hydrogen-bond acceptors (Lipinski definition) is 3. The minimum Gasteiger partial charge on any atom is -0.508 e. The van der Waals surface area contributed by atoms with Gasteiger partial charge >= 0.3 is 0 Å². The molecule has 1 atom stereocenters. The molecule has 0 aromatic heterocycles. The molecule has 0 radical (unpaired) electrons. The highest BCUT2D eigenvalue weighted by Gasteiger charge is 2.33. The van der Waals surface area contributed by atoms with E-state index in [1.165, 1.54) is 69.4 Å². The Morgan fingerprint density at radius 3 is 2.38 bits per heavy atom. The fourth-order valence-electron chi connectivity index (χ4n) is 4.68. The van der Waals surface area contributed by atoms with Crippen molar-refractivity contribution in [1.82, 2.24) is 9.80 Å². The van der Waals surface area contributed by atoms with Crippen molar-refractivity contribution in [3.63, 3.8) is 0 Å². The summed E-state index contributed by atoms with van der Waals surface area (Å²) >= 11 is 0. The predicted octanol–water partition coefficient (Wildman–Crippen LogP) is 2.94. The second-order valence-electron chi connectivity index (χ2n) is 6.91. The van der Waals surface area contributed by atoms with Crippen LogP contribution in [0, 0.1) is 0 Å². The van der Waals surface area contributed by atoms with Crippen molar-refractivity contribution >= 4 is 0 Å². The summed E-state index contributed by atoms with van der Waals surface area (Å²) in [5.74, 6) is 0.500. The van der Waals surface area contributed by atoms with E-state index in [9.17, 15) is 5.11 Å². The molecular formula is C18H26N2O. The minimum absolute atomic E-state index is 0.500. The molecule has 1 N–H and O–H groups in total. The van der Waals surface area contributed by atoms with Gasteiger partial charge in [0.15, 0.2) is 0 Å². The summed E-state index contributed by atoms with van der Waals surface area (Å²) in [6.45, 7) is 4.84. The number of aromatic hydroxyl groups is 1. The third kappa shape index (κ3) is 2.47. The lowest BCUT2D eigenvalue weighted by Gasteiger charge is -2.40. The van der Waals surface area contributed by atoms with Crippen LogP contribution < -0.4 is 0 Å². The lowest BCUT2D eigenvalue weighted by Crippen LogP contribution is -2.50. The molecule has 2 aliphatic carbocycles. The van der Waals surface area contributed by atoms with Gasteiger partial charge in [-0.05, 0) is 42.9 Å². The Labute approximate surface area is 127 Å². The molecule has 114 valence electrons. The van der Waals surface area contributed by atoms with Crippen LogP contribution in [0.4, 0.5) is 0 Å². The van der Waals surface area contributed by atoms with Gasteiger partial charge in [0.05, 0.1) is 0 Å². The molecule has 3 heteroatoms. The Morgan fingerprint density at radius 1 is 0.905 bits per heavy atom. The topological polar surface area (TPSA) is 26.7 Å². The van der Waals surface area contributed by atoms with Gasteiger partial charge in [-0.3, -0.25) is 9.80 Å². The van der Waals surface area contributed by atoms with Gasteiger partial charge in [-0.2, -0.15) is 0 Å². The van der Waals surface area contributed by atoms with Crippen molar-refractivity contribution in [3.8, 4) is 5.75 Å². The molecule has 1 unspecified atom stereocenters. The summed E-state index contributed by atoms with van der Waals surface area (Å²) < 4.78 is 0. The maximum absolute atomic E-state index is 10.0. The zero-order chi connectivity index (χ0) is 14.2. The largest absolute Gasteiger partial charge is 0.508 e. The van der Waals surface area contributed by atoms with Crippen LogP contribution in [0.2, 0.25) is 0 Å². The van der Waals surface area contributed by atoms with Crippen LogP contribution in [0.15, 0.2) is 18.2 Å². The van der Waals surface area contributed by atoms with E-state index in [1.54, 1.807) is 0 Å². The van der Waals surface area contributed by atoms with E-state index < -0.39 is 0 Å². The van der Waals surface area contributed by atoms with Gasteiger partial charge in [0.2, 0.25) is 0 Å². The summed E-state index contributed by atoms with van der Waals surface area (Å²) in [5.41, 5.74) is 2.57. The first kappa shape index (κ1) is 13.6. The SMILES string of the molecule is Oc1cccc2c1CCC2N1CCN(C2CCCC2)CC1. The van der Waals surface area contributed by atoms with E-state index >= 15 is 0 Å². The Morgan fingerprint density at radius 2 is 1.62 bits per heavy atom. The van der Waals surface area contributed by atoms with Crippen LogP contribution in [0.25, 0.3) is 0 Å². The van der Waals surface area contributed by atoms with Gasteiger partial charge in [-0.1, -0.05) is 25.0 Å². The molecule has 3 aliphatic rings. The molecule has 4 rings (SSSR count). The van der Waals surface area contributed by atoms with E-state index in [0.717, 1.165) is 12.5 Å². The van der Waals surface area contributed by atoms with Gasteiger partial charge in [0, 0.05) is 38.3 Å². The number of phenolic OH excluding ortho intramolecular Hbond substituents is 1. The molecule has 1 aromatic carbocycles. The van der Waals surface area contributed by atoms with Crippen LogP contribution in [-0.2, 0) is 6.42 Å². The number of phenols is 1. The third-order valence-electron chi connectivity index (χ3n) is 5.85. The van der Waals surface area contributed by atoms with Crippen molar-refractivity contribution < 1.29 is 5.11 Å². The monoisotopic (exact) mass is 286 g/mol. The van der Waals surface area contributed by atoms with Gasteiger partial charge in [-0.15, -0.1) is 0 Å². The summed E-state index contributed by atoms with van der Waals surface area (Å²) in [5, 5.41) is 10.0.